The first-order valence-corrected chi connectivity index (χ1v) is 5.55. The molecule has 18 heavy (non-hydrogen) atoms. The largest absolute Gasteiger partial charge is 0.481 e. The van der Waals surface area contributed by atoms with Gasteiger partial charge in [-0.1, -0.05) is 13.8 Å². The monoisotopic (exact) mass is 258 g/mol. The molecule has 0 saturated carbocycles. The minimum atomic E-state index is -1.01. The molecule has 0 aromatic heterocycles. The number of aliphatic hydroxyl groups is 1. The maximum Gasteiger partial charge on any atom is 0.303 e. The maximum absolute atomic E-state index is 12.5. The van der Waals surface area contributed by atoms with E-state index >= 15 is 0 Å². The van der Waals surface area contributed by atoms with Crippen molar-refractivity contribution < 1.29 is 24.2 Å². The lowest BCUT2D eigenvalue weighted by molar-refractivity contribution is -0.136. The average Bonchev–Trinajstić information content (AvgIpc) is 2.41. The van der Waals surface area contributed by atoms with Gasteiger partial charge in [0.15, 0.2) is 5.78 Å². The molecule has 0 fully saturated rings. The van der Waals surface area contributed by atoms with E-state index in [1.54, 1.807) is 0 Å². The number of aliphatic carboxylic acids is 1. The van der Waals surface area contributed by atoms with Crippen LogP contribution < -0.4 is 0 Å². The molecule has 0 bridgehead atoms. The zero-order valence-electron chi connectivity index (χ0n) is 10.8. The molecule has 0 radical (unpaired) electrons. The molecule has 0 heterocycles. The quantitative estimate of drug-likeness (QED) is 0.814. The molecule has 102 valence electrons. The second-order valence-corrected chi connectivity index (χ2v) is 2.82. The summed E-state index contributed by atoms with van der Waals surface area (Å²) in [5.74, 6) is -1.72. The number of Topliss-reactive ketones (excluding diaryl/α,β-unsaturated/α-hetero) is 1. The highest BCUT2D eigenvalue weighted by molar-refractivity contribution is 5.97. The lowest BCUT2D eigenvalue weighted by atomic mass is 10.1. The zero-order valence-corrected chi connectivity index (χ0v) is 10.8. The molecule has 0 atom stereocenters. The van der Waals surface area contributed by atoms with Crippen LogP contribution in [0.25, 0.3) is 0 Å². The molecular formula is C13H19FO4. The lowest BCUT2D eigenvalue weighted by Gasteiger charge is -1.98. The molecule has 1 aromatic carbocycles. The summed E-state index contributed by atoms with van der Waals surface area (Å²) in [4.78, 5) is 21.5. The molecule has 0 spiro atoms. The van der Waals surface area contributed by atoms with Gasteiger partial charge >= 0.3 is 5.97 Å². The first kappa shape index (κ1) is 18.6. The van der Waals surface area contributed by atoms with Gasteiger partial charge in [0.25, 0.3) is 0 Å². The van der Waals surface area contributed by atoms with E-state index in [1.807, 2.05) is 13.8 Å². The van der Waals surface area contributed by atoms with Gasteiger partial charge < -0.3 is 10.2 Å². The van der Waals surface area contributed by atoms with Crippen LogP contribution in [-0.2, 0) is 4.79 Å². The molecule has 4 nitrogen and oxygen atoms in total. The smallest absolute Gasteiger partial charge is 0.303 e. The van der Waals surface area contributed by atoms with Crippen LogP contribution in [0.4, 0.5) is 4.39 Å². The molecule has 0 amide bonds. The fourth-order valence-electron chi connectivity index (χ4n) is 1.00. The van der Waals surface area contributed by atoms with E-state index in [2.05, 4.69) is 0 Å². The minimum absolute atomic E-state index is 0.0546. The van der Waals surface area contributed by atoms with Crippen LogP contribution in [-0.4, -0.2) is 29.1 Å². The topological polar surface area (TPSA) is 74.6 Å². The van der Waals surface area contributed by atoms with Crippen LogP contribution in [0.2, 0.25) is 0 Å². The van der Waals surface area contributed by atoms with Crippen LogP contribution >= 0.6 is 0 Å². The van der Waals surface area contributed by atoms with E-state index in [4.69, 9.17) is 10.2 Å². The molecule has 0 aliphatic rings. The fraction of sp³-hybridized carbons (Fsp3) is 0.385. The highest BCUT2D eigenvalue weighted by Gasteiger charge is 2.07. The number of hydrogen-bond acceptors (Lipinski definition) is 3. The number of hydrogen-bond donors (Lipinski definition) is 2. The Bertz CT molecular complexity index is 347. The van der Waals surface area contributed by atoms with Crippen molar-refractivity contribution in [1.82, 2.24) is 0 Å². The van der Waals surface area contributed by atoms with Gasteiger partial charge in [0.05, 0.1) is 6.42 Å². The Balaban J connectivity index is 0. The van der Waals surface area contributed by atoms with E-state index < -0.39 is 11.8 Å². The molecule has 1 rings (SSSR count). The summed E-state index contributed by atoms with van der Waals surface area (Å²) in [5.41, 5.74) is 0.340. The summed E-state index contributed by atoms with van der Waals surface area (Å²) >= 11 is 0. The molecule has 0 aliphatic carbocycles. The SMILES string of the molecule is CC.CO.O=C(O)CCC(=O)c1ccc(F)cc1. The second kappa shape index (κ2) is 11.7. The number of aliphatic hydroxyl groups excluding tert-OH is 1. The number of carboxylic acids is 1. The van der Waals surface area contributed by atoms with Crippen LogP contribution in [0.15, 0.2) is 24.3 Å². The van der Waals surface area contributed by atoms with Gasteiger partial charge in [-0.05, 0) is 24.3 Å². The van der Waals surface area contributed by atoms with Crippen LogP contribution in [0, 0.1) is 5.82 Å². The van der Waals surface area contributed by atoms with Gasteiger partial charge in [0, 0.05) is 19.1 Å². The first-order valence-electron chi connectivity index (χ1n) is 5.55. The van der Waals surface area contributed by atoms with Crippen LogP contribution in [0.3, 0.4) is 0 Å². The highest BCUT2D eigenvalue weighted by atomic mass is 19.1. The molecule has 0 unspecified atom stereocenters. The Labute approximate surface area is 106 Å². The van der Waals surface area contributed by atoms with Gasteiger partial charge in [-0.3, -0.25) is 9.59 Å². The van der Waals surface area contributed by atoms with Crippen molar-refractivity contribution in [3.63, 3.8) is 0 Å². The molecule has 5 heteroatoms. The third-order valence-corrected chi connectivity index (χ3v) is 1.73. The van der Waals surface area contributed by atoms with Crippen LogP contribution in [0.5, 0.6) is 0 Å². The fourth-order valence-corrected chi connectivity index (χ4v) is 1.00. The Hall–Kier alpha value is -1.75. The summed E-state index contributed by atoms with van der Waals surface area (Å²) in [7, 11) is 1.00. The van der Waals surface area contributed by atoms with Crippen molar-refractivity contribution in [1.29, 1.82) is 0 Å². The van der Waals surface area contributed by atoms with Gasteiger partial charge in [-0.25, -0.2) is 4.39 Å². The van der Waals surface area contributed by atoms with Crippen LogP contribution in [0.1, 0.15) is 37.0 Å². The summed E-state index contributed by atoms with van der Waals surface area (Å²) in [6.07, 6.45) is -0.253. The van der Waals surface area contributed by atoms with Gasteiger partial charge in [-0.15, -0.1) is 0 Å². The minimum Gasteiger partial charge on any atom is -0.481 e. The number of rotatable bonds is 4. The Morgan fingerprint density at radius 2 is 1.50 bits per heavy atom. The van der Waals surface area contributed by atoms with Crippen molar-refractivity contribution in [2.24, 2.45) is 0 Å². The second-order valence-electron chi connectivity index (χ2n) is 2.82. The number of benzene rings is 1. The standard InChI is InChI=1S/C10H9FO3.C2H6.CH4O/c11-8-3-1-7(2-4-8)9(12)5-6-10(13)14;2*1-2/h1-4H,5-6H2,(H,13,14);1-2H3;2H,1H3. The highest BCUT2D eigenvalue weighted by Crippen LogP contribution is 2.07. The lowest BCUT2D eigenvalue weighted by Crippen LogP contribution is -2.03. The Morgan fingerprint density at radius 3 is 1.89 bits per heavy atom. The normalized spacial score (nSPS) is 8.28. The summed E-state index contributed by atoms with van der Waals surface area (Å²) in [5, 5.41) is 15.3. The first-order chi connectivity index (χ1) is 8.59. The number of ketones is 1. The summed E-state index contributed by atoms with van der Waals surface area (Å²) < 4.78 is 12.5. The van der Waals surface area contributed by atoms with E-state index in [9.17, 15) is 14.0 Å². The van der Waals surface area contributed by atoms with Crippen molar-refractivity contribution in [3.8, 4) is 0 Å². The van der Waals surface area contributed by atoms with E-state index in [1.165, 1.54) is 24.3 Å². The molecule has 1 aromatic rings. The Kier molecular flexibility index (Phi) is 12.1. The predicted molar refractivity (Wildman–Crippen MR) is 67.1 cm³/mol. The summed E-state index contributed by atoms with van der Waals surface area (Å²) in [6.45, 7) is 4.00. The third-order valence-electron chi connectivity index (χ3n) is 1.73. The molecule has 2 N–H and O–H groups in total. The number of carboxylic acid groups (broad SMARTS) is 1. The van der Waals surface area contributed by atoms with Crippen molar-refractivity contribution in [2.45, 2.75) is 26.7 Å². The molecular weight excluding hydrogens is 239 g/mol. The van der Waals surface area contributed by atoms with E-state index in [0.29, 0.717) is 5.56 Å². The van der Waals surface area contributed by atoms with Gasteiger partial charge in [-0.2, -0.15) is 0 Å². The number of halogens is 1. The summed E-state index contributed by atoms with van der Waals surface area (Å²) in [6, 6.07) is 5.04. The predicted octanol–water partition coefficient (Wildman–Crippen LogP) is 2.51. The van der Waals surface area contributed by atoms with Gasteiger partial charge in [0.2, 0.25) is 0 Å². The zero-order chi connectivity index (χ0) is 14.6. The van der Waals surface area contributed by atoms with Crippen molar-refractivity contribution in [3.05, 3.63) is 35.6 Å². The van der Waals surface area contributed by atoms with E-state index in [0.717, 1.165) is 7.11 Å². The average molecular weight is 258 g/mol. The molecule has 0 aliphatic heterocycles. The van der Waals surface area contributed by atoms with Crippen molar-refractivity contribution >= 4 is 11.8 Å². The maximum atomic E-state index is 12.5. The Morgan fingerprint density at radius 1 is 1.06 bits per heavy atom. The van der Waals surface area contributed by atoms with Gasteiger partial charge in [0.1, 0.15) is 5.82 Å². The third kappa shape index (κ3) is 8.41. The number of carbonyl (C=O) groups is 2. The number of carbonyl (C=O) groups excluding carboxylic acids is 1. The van der Waals surface area contributed by atoms with E-state index in [-0.39, 0.29) is 18.6 Å². The van der Waals surface area contributed by atoms with Crippen molar-refractivity contribution in [2.75, 3.05) is 7.11 Å². The molecule has 0 saturated heterocycles.